The number of carboxylic acids is 1. The van der Waals surface area contributed by atoms with Crippen LogP contribution in [-0.4, -0.2) is 60.9 Å². The van der Waals surface area contributed by atoms with Gasteiger partial charge in [0.2, 0.25) is 5.91 Å². The second-order valence-corrected chi connectivity index (χ2v) is 6.90. The molecule has 0 rings (SSSR count). The number of carboxylic acid groups (broad SMARTS) is 1. The van der Waals surface area contributed by atoms with Crippen LogP contribution < -0.4 is 5.73 Å². The molecule has 3 N–H and O–H groups in total. The summed E-state index contributed by atoms with van der Waals surface area (Å²) in [6, 6.07) is -1.25. The van der Waals surface area contributed by atoms with Crippen molar-refractivity contribution in [1.82, 2.24) is 4.90 Å². The summed E-state index contributed by atoms with van der Waals surface area (Å²) in [5, 5.41) is 8.79. The summed E-state index contributed by atoms with van der Waals surface area (Å²) in [6.07, 6.45) is 1.65. The second-order valence-electron chi connectivity index (χ2n) is 4.64. The minimum absolute atomic E-state index is 0.00970. The molecule has 0 aromatic heterocycles. The Bertz CT molecular complexity index is 421. The van der Waals surface area contributed by atoms with Crippen LogP contribution in [0.25, 0.3) is 0 Å². The van der Waals surface area contributed by atoms with Crippen molar-refractivity contribution in [3.8, 4) is 0 Å². The smallest absolute Gasteiger partial charge is 0.323 e. The van der Waals surface area contributed by atoms with Crippen molar-refractivity contribution in [2.24, 2.45) is 5.73 Å². The first-order valence-electron chi connectivity index (χ1n) is 6.04. The molecule has 2 unspecified atom stereocenters. The van der Waals surface area contributed by atoms with Crippen LogP contribution in [-0.2, 0) is 19.4 Å². The van der Waals surface area contributed by atoms with Gasteiger partial charge in [-0.2, -0.15) is 0 Å². The van der Waals surface area contributed by atoms with E-state index in [4.69, 9.17) is 10.8 Å². The van der Waals surface area contributed by atoms with E-state index in [2.05, 4.69) is 0 Å². The molecule has 1 amide bonds. The fourth-order valence-electron chi connectivity index (χ4n) is 1.49. The van der Waals surface area contributed by atoms with Crippen molar-refractivity contribution in [1.29, 1.82) is 0 Å². The highest BCUT2D eigenvalue weighted by Crippen LogP contribution is 2.07. The van der Waals surface area contributed by atoms with Crippen molar-refractivity contribution in [2.45, 2.75) is 38.8 Å². The van der Waals surface area contributed by atoms with Gasteiger partial charge in [-0.05, 0) is 19.8 Å². The molecule has 0 aromatic carbocycles. The first kappa shape index (κ1) is 17.8. The monoisotopic (exact) mass is 294 g/mol. The summed E-state index contributed by atoms with van der Waals surface area (Å²) in [7, 11) is -3.19. The van der Waals surface area contributed by atoms with Gasteiger partial charge in [0.1, 0.15) is 16.4 Å². The molecule has 112 valence electrons. The molecular formula is C11H22N2O5S. The van der Waals surface area contributed by atoms with Crippen LogP contribution in [0.2, 0.25) is 0 Å². The average Bonchev–Trinajstić information content (AvgIpc) is 2.29. The zero-order valence-corrected chi connectivity index (χ0v) is 12.3. The highest BCUT2D eigenvalue weighted by Gasteiger charge is 2.26. The highest BCUT2D eigenvalue weighted by atomic mass is 32.2. The van der Waals surface area contributed by atoms with E-state index in [0.29, 0.717) is 6.42 Å². The zero-order valence-electron chi connectivity index (χ0n) is 11.5. The van der Waals surface area contributed by atoms with Crippen molar-refractivity contribution in [3.63, 3.8) is 0 Å². The number of amides is 1. The number of nitrogens with two attached hydrogens (primary N) is 1. The molecule has 0 fully saturated rings. The number of hydrogen-bond donors (Lipinski definition) is 2. The predicted octanol–water partition coefficient (Wildman–Crippen LogP) is -0.540. The summed E-state index contributed by atoms with van der Waals surface area (Å²) in [6.45, 7) is 3.12. The van der Waals surface area contributed by atoms with Gasteiger partial charge in [0.15, 0.2) is 0 Å². The highest BCUT2D eigenvalue weighted by molar-refractivity contribution is 7.90. The van der Waals surface area contributed by atoms with Gasteiger partial charge >= 0.3 is 5.97 Å². The van der Waals surface area contributed by atoms with E-state index < -0.39 is 34.3 Å². The van der Waals surface area contributed by atoms with Crippen LogP contribution in [0.1, 0.15) is 26.7 Å². The fraction of sp³-hybridized carbons (Fsp3) is 0.818. The molecule has 7 nitrogen and oxygen atoms in total. The number of sulfone groups is 1. The lowest BCUT2D eigenvalue weighted by Gasteiger charge is -2.29. The van der Waals surface area contributed by atoms with Gasteiger partial charge in [0.05, 0.1) is 11.8 Å². The second kappa shape index (κ2) is 7.44. The number of carbonyl (C=O) groups is 2. The van der Waals surface area contributed by atoms with Gasteiger partial charge < -0.3 is 15.7 Å². The normalized spacial score (nSPS) is 14.7. The molecule has 0 aliphatic carbocycles. The lowest BCUT2D eigenvalue weighted by Crippen LogP contribution is -2.50. The minimum atomic E-state index is -3.19. The third kappa shape index (κ3) is 7.12. The van der Waals surface area contributed by atoms with Crippen molar-refractivity contribution >= 4 is 21.7 Å². The largest absolute Gasteiger partial charge is 0.480 e. The minimum Gasteiger partial charge on any atom is -0.480 e. The van der Waals surface area contributed by atoms with Crippen molar-refractivity contribution in [2.75, 3.05) is 18.6 Å². The lowest BCUT2D eigenvalue weighted by atomic mass is 10.1. The molecule has 19 heavy (non-hydrogen) atoms. The van der Waals surface area contributed by atoms with Crippen LogP contribution >= 0.6 is 0 Å². The number of rotatable bonds is 8. The van der Waals surface area contributed by atoms with E-state index in [-0.39, 0.29) is 18.2 Å². The number of carbonyl (C=O) groups excluding carboxylic acids is 1. The van der Waals surface area contributed by atoms with Crippen LogP contribution in [0.15, 0.2) is 0 Å². The maximum atomic E-state index is 12.0. The third-order valence-electron chi connectivity index (χ3n) is 2.83. The summed E-state index contributed by atoms with van der Waals surface area (Å²) in [5.41, 5.74) is 5.64. The molecule has 0 spiro atoms. The zero-order chi connectivity index (χ0) is 15.2. The van der Waals surface area contributed by atoms with Crippen molar-refractivity contribution < 1.29 is 23.1 Å². The SMILES string of the molecule is CCC(C)N(CC(=O)O)C(=O)C(N)CCS(C)(=O)=O. The van der Waals surface area contributed by atoms with Gasteiger partial charge in [0, 0.05) is 12.3 Å². The van der Waals surface area contributed by atoms with E-state index in [9.17, 15) is 18.0 Å². The van der Waals surface area contributed by atoms with Gasteiger partial charge in [-0.1, -0.05) is 6.92 Å². The van der Waals surface area contributed by atoms with Crippen LogP contribution in [0.4, 0.5) is 0 Å². The quantitative estimate of drug-likeness (QED) is 0.621. The van der Waals surface area contributed by atoms with Crippen LogP contribution in [0, 0.1) is 0 Å². The Morgan fingerprint density at radius 1 is 1.37 bits per heavy atom. The topological polar surface area (TPSA) is 118 Å². The lowest BCUT2D eigenvalue weighted by molar-refractivity contribution is -0.146. The summed E-state index contributed by atoms with van der Waals surface area (Å²) in [4.78, 5) is 24.0. The van der Waals surface area contributed by atoms with E-state index in [1.807, 2.05) is 6.92 Å². The molecule has 0 radical (unpaired) electrons. The molecule has 8 heteroatoms. The fourth-order valence-corrected chi connectivity index (χ4v) is 2.18. The molecule has 0 aliphatic heterocycles. The standard InChI is InChI=1S/C11H22N2O5S/c1-4-8(2)13(7-10(14)15)11(16)9(12)5-6-19(3,17)18/h8-9H,4-7,12H2,1-3H3,(H,14,15). The number of aliphatic carboxylic acids is 1. The summed E-state index contributed by atoms with van der Waals surface area (Å²) < 4.78 is 22.0. The Balaban J connectivity index is 4.74. The molecular weight excluding hydrogens is 272 g/mol. The van der Waals surface area contributed by atoms with Gasteiger partial charge in [-0.25, -0.2) is 8.42 Å². The molecule has 0 heterocycles. The molecule has 0 aromatic rings. The first-order chi connectivity index (χ1) is 8.58. The molecule has 0 aliphatic rings. The molecule has 0 saturated carbocycles. The predicted molar refractivity (Wildman–Crippen MR) is 71.4 cm³/mol. The number of nitrogens with zero attached hydrogens (tertiary/aromatic N) is 1. The third-order valence-corrected chi connectivity index (χ3v) is 3.81. The summed E-state index contributed by atoms with van der Waals surface area (Å²) >= 11 is 0. The Morgan fingerprint density at radius 3 is 2.26 bits per heavy atom. The average molecular weight is 294 g/mol. The van der Waals surface area contributed by atoms with Gasteiger partial charge in [-0.3, -0.25) is 9.59 Å². The van der Waals surface area contributed by atoms with E-state index in [1.54, 1.807) is 6.92 Å². The Labute approximate surface area is 113 Å². The molecule has 0 saturated heterocycles. The Morgan fingerprint density at radius 2 is 1.89 bits per heavy atom. The van der Waals surface area contributed by atoms with Crippen LogP contribution in [0.5, 0.6) is 0 Å². The van der Waals surface area contributed by atoms with Crippen LogP contribution in [0.3, 0.4) is 0 Å². The maximum Gasteiger partial charge on any atom is 0.323 e. The first-order valence-corrected chi connectivity index (χ1v) is 8.10. The maximum absolute atomic E-state index is 12.0. The van der Waals surface area contributed by atoms with Gasteiger partial charge in [0.25, 0.3) is 0 Å². The number of hydrogen-bond acceptors (Lipinski definition) is 5. The van der Waals surface area contributed by atoms with E-state index >= 15 is 0 Å². The van der Waals surface area contributed by atoms with E-state index in [0.717, 1.165) is 6.26 Å². The molecule has 0 bridgehead atoms. The van der Waals surface area contributed by atoms with E-state index in [1.165, 1.54) is 4.90 Å². The Hall–Kier alpha value is -1.15. The summed E-state index contributed by atoms with van der Waals surface area (Å²) in [5.74, 6) is -1.84. The Kier molecular flexibility index (Phi) is 6.99. The van der Waals surface area contributed by atoms with Crippen molar-refractivity contribution in [3.05, 3.63) is 0 Å². The van der Waals surface area contributed by atoms with Gasteiger partial charge in [-0.15, -0.1) is 0 Å². The molecule has 2 atom stereocenters.